The molecule has 2 rings (SSSR count). The highest BCUT2D eigenvalue weighted by molar-refractivity contribution is 6.28. The van der Waals surface area contributed by atoms with E-state index in [1.165, 1.54) is 0 Å². The summed E-state index contributed by atoms with van der Waals surface area (Å²) in [5, 5.41) is 9.23. The fourth-order valence-corrected chi connectivity index (χ4v) is 1.88. The summed E-state index contributed by atoms with van der Waals surface area (Å²) < 4.78 is 10.7. The molecule has 1 aromatic heterocycles. The van der Waals surface area contributed by atoms with Crippen molar-refractivity contribution in [1.29, 1.82) is 0 Å². The Morgan fingerprint density at radius 2 is 2.32 bits per heavy atom. The van der Waals surface area contributed by atoms with Gasteiger partial charge in [-0.3, -0.25) is 0 Å². The van der Waals surface area contributed by atoms with Crippen molar-refractivity contribution in [2.75, 3.05) is 37.8 Å². The van der Waals surface area contributed by atoms with Crippen molar-refractivity contribution in [3.8, 4) is 6.01 Å². The van der Waals surface area contributed by atoms with Gasteiger partial charge in [0.1, 0.15) is 0 Å². The van der Waals surface area contributed by atoms with Gasteiger partial charge < -0.3 is 19.5 Å². The molecule has 1 fully saturated rings. The van der Waals surface area contributed by atoms with Gasteiger partial charge >= 0.3 is 6.01 Å². The van der Waals surface area contributed by atoms with Crippen molar-refractivity contribution in [1.82, 2.24) is 15.0 Å². The van der Waals surface area contributed by atoms with Crippen LogP contribution in [0.5, 0.6) is 6.01 Å². The normalized spacial score (nSPS) is 19.5. The fraction of sp³-hybridized carbons (Fsp3) is 0.727. The molecular weight excluding hydrogens is 272 g/mol. The molecule has 1 aliphatic rings. The first-order valence-electron chi connectivity index (χ1n) is 6.24. The molecule has 2 heterocycles. The molecule has 1 saturated heterocycles. The van der Waals surface area contributed by atoms with E-state index in [1.54, 1.807) is 0 Å². The van der Waals surface area contributed by atoms with Gasteiger partial charge in [-0.15, -0.1) is 0 Å². The Bertz CT molecular complexity index is 421. The number of aliphatic hydroxyl groups is 1. The summed E-state index contributed by atoms with van der Waals surface area (Å²) in [6.07, 6.45) is 0.632. The van der Waals surface area contributed by atoms with E-state index in [2.05, 4.69) is 15.0 Å². The van der Waals surface area contributed by atoms with Gasteiger partial charge in [0.25, 0.3) is 0 Å². The quantitative estimate of drug-likeness (QED) is 0.845. The van der Waals surface area contributed by atoms with E-state index < -0.39 is 0 Å². The van der Waals surface area contributed by atoms with E-state index in [9.17, 15) is 0 Å². The summed E-state index contributed by atoms with van der Waals surface area (Å²) in [7, 11) is 0. The third-order valence-corrected chi connectivity index (χ3v) is 2.81. The van der Waals surface area contributed by atoms with Crippen molar-refractivity contribution in [3.63, 3.8) is 0 Å². The number of hydrogen-bond acceptors (Lipinski definition) is 7. The predicted molar refractivity (Wildman–Crippen MR) is 69.7 cm³/mol. The van der Waals surface area contributed by atoms with Gasteiger partial charge in [-0.05, 0) is 18.0 Å². The van der Waals surface area contributed by atoms with Crippen LogP contribution in [0.2, 0.25) is 5.28 Å². The Kier molecular flexibility index (Phi) is 5.12. The smallest absolute Gasteiger partial charge is 0.322 e. The summed E-state index contributed by atoms with van der Waals surface area (Å²) in [5.41, 5.74) is 0. The summed E-state index contributed by atoms with van der Waals surface area (Å²) in [6.45, 7) is 4.17. The van der Waals surface area contributed by atoms with Crippen LogP contribution in [0.4, 0.5) is 5.95 Å². The van der Waals surface area contributed by atoms with Gasteiger partial charge in [-0.25, -0.2) is 0 Å². The van der Waals surface area contributed by atoms with Crippen molar-refractivity contribution in [2.24, 2.45) is 0 Å². The van der Waals surface area contributed by atoms with Gasteiger partial charge in [0.2, 0.25) is 11.2 Å². The van der Waals surface area contributed by atoms with Crippen LogP contribution in [0.15, 0.2) is 0 Å². The summed E-state index contributed by atoms with van der Waals surface area (Å²) >= 11 is 5.87. The monoisotopic (exact) mass is 288 g/mol. The molecule has 1 aliphatic heterocycles. The number of ether oxygens (including phenoxy) is 2. The van der Waals surface area contributed by atoms with Crippen LogP contribution in [0.1, 0.15) is 13.3 Å². The number of aliphatic hydroxyl groups excluding tert-OH is 1. The van der Waals surface area contributed by atoms with E-state index in [-0.39, 0.29) is 24.0 Å². The minimum absolute atomic E-state index is 0.0332. The molecule has 106 valence electrons. The lowest BCUT2D eigenvalue weighted by Gasteiger charge is -2.31. The SMILES string of the molecule is CCCOc1nc(Cl)nc(N2CCOC(CO)C2)n1. The van der Waals surface area contributed by atoms with Crippen LogP contribution >= 0.6 is 11.6 Å². The number of rotatable bonds is 5. The van der Waals surface area contributed by atoms with Crippen LogP contribution in [-0.2, 0) is 4.74 Å². The molecule has 0 saturated carbocycles. The number of morpholine rings is 1. The molecular formula is C11H17ClN4O3. The Labute approximate surface area is 116 Å². The highest BCUT2D eigenvalue weighted by atomic mass is 35.5. The van der Waals surface area contributed by atoms with Gasteiger partial charge in [0.05, 0.1) is 25.9 Å². The van der Waals surface area contributed by atoms with Gasteiger partial charge in [0.15, 0.2) is 0 Å². The van der Waals surface area contributed by atoms with Gasteiger partial charge in [-0.1, -0.05) is 6.92 Å². The summed E-state index contributed by atoms with van der Waals surface area (Å²) in [4.78, 5) is 14.1. The van der Waals surface area contributed by atoms with Crippen LogP contribution in [0.3, 0.4) is 0 Å². The van der Waals surface area contributed by atoms with Gasteiger partial charge in [-0.2, -0.15) is 15.0 Å². The second kappa shape index (κ2) is 6.83. The Balaban J connectivity index is 2.11. The highest BCUT2D eigenvalue weighted by Crippen LogP contribution is 2.17. The number of aromatic nitrogens is 3. The van der Waals surface area contributed by atoms with Crippen LogP contribution in [0, 0.1) is 0 Å². The van der Waals surface area contributed by atoms with Crippen molar-refractivity contribution in [2.45, 2.75) is 19.4 Å². The van der Waals surface area contributed by atoms with Gasteiger partial charge in [0, 0.05) is 13.1 Å². The minimum Gasteiger partial charge on any atom is -0.463 e. The van der Waals surface area contributed by atoms with Crippen molar-refractivity contribution < 1.29 is 14.6 Å². The largest absolute Gasteiger partial charge is 0.463 e. The van der Waals surface area contributed by atoms with Crippen LogP contribution in [0.25, 0.3) is 0 Å². The highest BCUT2D eigenvalue weighted by Gasteiger charge is 2.22. The molecule has 0 spiro atoms. The Hall–Kier alpha value is -1.18. The lowest BCUT2D eigenvalue weighted by atomic mass is 10.3. The maximum atomic E-state index is 9.13. The zero-order valence-corrected chi connectivity index (χ0v) is 11.5. The topological polar surface area (TPSA) is 80.6 Å². The minimum atomic E-state index is -0.232. The fourth-order valence-electron chi connectivity index (χ4n) is 1.73. The zero-order chi connectivity index (χ0) is 13.7. The summed E-state index contributed by atoms with van der Waals surface area (Å²) in [5.74, 6) is 0.452. The second-order valence-electron chi connectivity index (χ2n) is 4.16. The predicted octanol–water partition coefficient (Wildman–Crippen LogP) is 0.511. The third kappa shape index (κ3) is 3.89. The Morgan fingerprint density at radius 1 is 1.47 bits per heavy atom. The van der Waals surface area contributed by atoms with E-state index in [0.717, 1.165) is 6.42 Å². The molecule has 1 unspecified atom stereocenters. The average Bonchev–Trinajstić information content (AvgIpc) is 2.44. The molecule has 1 N–H and O–H groups in total. The lowest BCUT2D eigenvalue weighted by molar-refractivity contribution is 0.00309. The molecule has 0 aromatic carbocycles. The molecule has 7 nitrogen and oxygen atoms in total. The average molecular weight is 289 g/mol. The van der Waals surface area contributed by atoms with E-state index in [1.807, 2.05) is 11.8 Å². The lowest BCUT2D eigenvalue weighted by Crippen LogP contribution is -2.44. The first-order valence-corrected chi connectivity index (χ1v) is 6.62. The molecule has 1 aromatic rings. The molecule has 0 bridgehead atoms. The molecule has 0 aliphatic carbocycles. The number of anilines is 1. The molecule has 0 radical (unpaired) electrons. The second-order valence-corrected chi connectivity index (χ2v) is 4.49. The zero-order valence-electron chi connectivity index (χ0n) is 10.8. The van der Waals surface area contributed by atoms with Crippen LogP contribution in [-0.4, -0.2) is 59.1 Å². The third-order valence-electron chi connectivity index (χ3n) is 2.64. The molecule has 8 heteroatoms. The maximum Gasteiger partial charge on any atom is 0.322 e. The van der Waals surface area contributed by atoms with Crippen molar-refractivity contribution in [3.05, 3.63) is 5.28 Å². The van der Waals surface area contributed by atoms with E-state index in [4.69, 9.17) is 26.2 Å². The van der Waals surface area contributed by atoms with E-state index in [0.29, 0.717) is 32.3 Å². The number of halogens is 1. The van der Waals surface area contributed by atoms with Crippen molar-refractivity contribution >= 4 is 17.5 Å². The standard InChI is InChI=1S/C11H17ClN4O3/c1-2-4-19-11-14-9(12)13-10(15-11)16-3-5-18-8(6-16)7-17/h8,17H,2-7H2,1H3. The van der Waals surface area contributed by atoms with E-state index >= 15 is 0 Å². The first-order chi connectivity index (χ1) is 9.22. The molecule has 19 heavy (non-hydrogen) atoms. The first kappa shape index (κ1) is 14.2. The Morgan fingerprint density at radius 3 is 3.05 bits per heavy atom. The maximum absolute atomic E-state index is 9.13. The number of hydrogen-bond donors (Lipinski definition) is 1. The number of nitrogens with zero attached hydrogens (tertiary/aromatic N) is 4. The van der Waals surface area contributed by atoms with Crippen LogP contribution < -0.4 is 9.64 Å². The summed E-state index contributed by atoms with van der Waals surface area (Å²) in [6, 6.07) is 0.226. The molecule has 0 amide bonds. The molecule has 1 atom stereocenters.